The second-order valence-corrected chi connectivity index (χ2v) is 6.11. The quantitative estimate of drug-likeness (QED) is 0.941. The highest BCUT2D eigenvalue weighted by atomic mass is 16.5. The molecule has 0 aromatic carbocycles. The molecule has 2 aliphatic heterocycles. The zero-order chi connectivity index (χ0) is 15.5. The first-order valence-corrected chi connectivity index (χ1v) is 8.35. The van der Waals surface area contributed by atoms with Gasteiger partial charge in [-0.3, -0.25) is 20.2 Å². The summed E-state index contributed by atoms with van der Waals surface area (Å²) in [5, 5.41) is 3.74. The van der Waals surface area contributed by atoms with Crippen LogP contribution in [0.3, 0.4) is 0 Å². The third kappa shape index (κ3) is 2.55. The summed E-state index contributed by atoms with van der Waals surface area (Å²) in [6.45, 7) is 3.60. The van der Waals surface area contributed by atoms with Gasteiger partial charge in [0.25, 0.3) is 0 Å². The Bertz CT molecular complexity index is 630. The minimum atomic E-state index is -0.440. The van der Waals surface area contributed by atoms with E-state index in [4.69, 9.17) is 4.74 Å². The van der Waals surface area contributed by atoms with Gasteiger partial charge in [0.1, 0.15) is 11.8 Å². The van der Waals surface area contributed by atoms with Crippen LogP contribution in [-0.2, 0) is 10.4 Å². The van der Waals surface area contributed by atoms with Gasteiger partial charge in [0, 0.05) is 32.0 Å². The van der Waals surface area contributed by atoms with Crippen LogP contribution in [0.25, 0.3) is 0 Å². The molecule has 5 nitrogen and oxygen atoms in total. The van der Waals surface area contributed by atoms with Crippen LogP contribution in [-0.4, -0.2) is 41.1 Å². The summed E-state index contributed by atoms with van der Waals surface area (Å²) in [5.41, 5.74) is 1.53. The first-order chi connectivity index (χ1) is 11.4. The van der Waals surface area contributed by atoms with Crippen molar-refractivity contribution >= 4 is 0 Å². The maximum absolute atomic E-state index is 6.24. The van der Waals surface area contributed by atoms with E-state index in [0.29, 0.717) is 6.61 Å². The Labute approximate surface area is 136 Å². The van der Waals surface area contributed by atoms with E-state index in [1.54, 1.807) is 0 Å². The Kier molecular flexibility index (Phi) is 4.08. The Hall–Kier alpha value is -1.82. The summed E-state index contributed by atoms with van der Waals surface area (Å²) in [6.07, 6.45) is 5.96. The van der Waals surface area contributed by atoms with Gasteiger partial charge < -0.3 is 4.74 Å². The van der Waals surface area contributed by atoms with Gasteiger partial charge in [-0.25, -0.2) is 0 Å². The molecule has 2 atom stereocenters. The lowest BCUT2D eigenvalue weighted by Crippen LogP contribution is -2.63. The third-order valence-electron chi connectivity index (χ3n) is 4.78. The standard InChI is InChI=1S/C18H22N4O/c1-3-9-19-15(7-1)17-18(21-11-14-23-17,22-12-5-6-13-22)16-8-2-4-10-20-16/h1-4,7-10,17,21H,5-6,11-14H2. The van der Waals surface area contributed by atoms with Gasteiger partial charge in [-0.05, 0) is 37.1 Å². The van der Waals surface area contributed by atoms with Crippen LogP contribution in [0.5, 0.6) is 0 Å². The van der Waals surface area contributed by atoms with Gasteiger partial charge >= 0.3 is 0 Å². The van der Waals surface area contributed by atoms with E-state index in [1.807, 2.05) is 42.7 Å². The van der Waals surface area contributed by atoms with Crippen LogP contribution in [0.1, 0.15) is 30.3 Å². The number of morpholine rings is 1. The van der Waals surface area contributed by atoms with Crippen molar-refractivity contribution in [1.82, 2.24) is 20.2 Å². The molecule has 4 heterocycles. The molecule has 0 amide bonds. The van der Waals surface area contributed by atoms with E-state index < -0.39 is 5.66 Å². The smallest absolute Gasteiger partial charge is 0.148 e. The number of likely N-dealkylation sites (tertiary alicyclic amines) is 1. The van der Waals surface area contributed by atoms with Crippen molar-refractivity contribution in [2.45, 2.75) is 24.6 Å². The monoisotopic (exact) mass is 310 g/mol. The molecule has 2 unspecified atom stereocenters. The van der Waals surface area contributed by atoms with Crippen LogP contribution in [0, 0.1) is 0 Å². The molecule has 1 N–H and O–H groups in total. The van der Waals surface area contributed by atoms with Gasteiger partial charge in [-0.2, -0.15) is 0 Å². The first kappa shape index (κ1) is 14.8. The number of hydrogen-bond acceptors (Lipinski definition) is 5. The molecule has 5 heteroatoms. The summed E-state index contributed by atoms with van der Waals surface area (Å²) in [4.78, 5) is 11.7. The van der Waals surface area contributed by atoms with E-state index in [9.17, 15) is 0 Å². The number of pyridine rings is 2. The van der Waals surface area contributed by atoms with Gasteiger partial charge in [0.05, 0.1) is 18.0 Å². The minimum Gasteiger partial charge on any atom is -0.367 e. The van der Waals surface area contributed by atoms with E-state index in [1.165, 1.54) is 12.8 Å². The average Bonchev–Trinajstić information content (AvgIpc) is 3.18. The van der Waals surface area contributed by atoms with Crippen LogP contribution >= 0.6 is 0 Å². The molecular formula is C18H22N4O. The molecule has 0 spiro atoms. The van der Waals surface area contributed by atoms with Gasteiger partial charge in [0.2, 0.25) is 0 Å². The largest absolute Gasteiger partial charge is 0.367 e. The molecule has 2 aromatic heterocycles. The van der Waals surface area contributed by atoms with E-state index in [-0.39, 0.29) is 6.10 Å². The van der Waals surface area contributed by atoms with Crippen molar-refractivity contribution in [3.63, 3.8) is 0 Å². The van der Waals surface area contributed by atoms with Crippen LogP contribution in [0.4, 0.5) is 0 Å². The molecule has 0 bridgehead atoms. The molecule has 0 radical (unpaired) electrons. The van der Waals surface area contributed by atoms with Crippen molar-refractivity contribution in [2.24, 2.45) is 0 Å². The molecular weight excluding hydrogens is 288 g/mol. The molecule has 120 valence electrons. The van der Waals surface area contributed by atoms with Crippen molar-refractivity contribution < 1.29 is 4.74 Å². The van der Waals surface area contributed by atoms with Gasteiger partial charge in [0.15, 0.2) is 0 Å². The summed E-state index contributed by atoms with van der Waals surface area (Å²) >= 11 is 0. The second-order valence-electron chi connectivity index (χ2n) is 6.11. The third-order valence-corrected chi connectivity index (χ3v) is 4.78. The first-order valence-electron chi connectivity index (χ1n) is 8.35. The number of aromatic nitrogens is 2. The number of hydrogen-bond donors (Lipinski definition) is 1. The fourth-order valence-electron chi connectivity index (χ4n) is 3.78. The topological polar surface area (TPSA) is 50.3 Å². The van der Waals surface area contributed by atoms with Crippen LogP contribution in [0.15, 0.2) is 48.8 Å². The molecule has 2 aliphatic rings. The van der Waals surface area contributed by atoms with Crippen molar-refractivity contribution in [3.8, 4) is 0 Å². The van der Waals surface area contributed by atoms with Crippen molar-refractivity contribution in [3.05, 3.63) is 60.2 Å². The van der Waals surface area contributed by atoms with E-state index >= 15 is 0 Å². The molecule has 0 saturated carbocycles. The van der Waals surface area contributed by atoms with E-state index in [2.05, 4.69) is 26.3 Å². The highest BCUT2D eigenvalue weighted by Crippen LogP contribution is 2.42. The number of ether oxygens (including phenoxy) is 1. The zero-order valence-corrected chi connectivity index (χ0v) is 13.2. The molecule has 2 saturated heterocycles. The Morgan fingerprint density at radius 3 is 2.52 bits per heavy atom. The lowest BCUT2D eigenvalue weighted by Gasteiger charge is -2.49. The summed E-state index contributed by atoms with van der Waals surface area (Å²) < 4.78 is 6.24. The predicted molar refractivity (Wildman–Crippen MR) is 87.7 cm³/mol. The Morgan fingerprint density at radius 1 is 1.04 bits per heavy atom. The molecule has 2 aromatic rings. The lowest BCUT2D eigenvalue weighted by molar-refractivity contribution is -0.129. The minimum absolute atomic E-state index is 0.162. The highest BCUT2D eigenvalue weighted by molar-refractivity contribution is 5.24. The maximum atomic E-state index is 6.24. The van der Waals surface area contributed by atoms with Crippen LogP contribution < -0.4 is 5.32 Å². The van der Waals surface area contributed by atoms with E-state index in [0.717, 1.165) is 31.0 Å². The SMILES string of the molecule is c1ccc(C2OCCNC2(c2ccccn2)N2CCCC2)nc1. The number of rotatable bonds is 3. The lowest BCUT2D eigenvalue weighted by atomic mass is 9.91. The van der Waals surface area contributed by atoms with Gasteiger partial charge in [-0.15, -0.1) is 0 Å². The average molecular weight is 310 g/mol. The fourth-order valence-corrected chi connectivity index (χ4v) is 3.78. The summed E-state index contributed by atoms with van der Waals surface area (Å²) in [7, 11) is 0. The zero-order valence-electron chi connectivity index (χ0n) is 13.2. The molecule has 23 heavy (non-hydrogen) atoms. The number of nitrogens with one attached hydrogen (secondary N) is 1. The summed E-state index contributed by atoms with van der Waals surface area (Å²) in [6, 6.07) is 12.1. The second kappa shape index (κ2) is 6.35. The molecule has 0 aliphatic carbocycles. The predicted octanol–water partition coefficient (Wildman–Crippen LogP) is 2.09. The Morgan fingerprint density at radius 2 is 1.83 bits per heavy atom. The molecule has 4 rings (SSSR count). The highest BCUT2D eigenvalue weighted by Gasteiger charge is 2.51. The molecule has 2 fully saturated rings. The fraction of sp³-hybridized carbons (Fsp3) is 0.444. The van der Waals surface area contributed by atoms with Crippen molar-refractivity contribution in [2.75, 3.05) is 26.2 Å². The van der Waals surface area contributed by atoms with Crippen molar-refractivity contribution in [1.29, 1.82) is 0 Å². The van der Waals surface area contributed by atoms with Crippen LogP contribution in [0.2, 0.25) is 0 Å². The Balaban J connectivity index is 1.84. The van der Waals surface area contributed by atoms with Gasteiger partial charge in [-0.1, -0.05) is 12.1 Å². The summed E-state index contributed by atoms with van der Waals surface area (Å²) in [5.74, 6) is 0. The maximum Gasteiger partial charge on any atom is 0.148 e. The number of nitrogens with zero attached hydrogens (tertiary/aromatic N) is 3. The normalized spacial score (nSPS) is 28.8.